The number of carbonyl (C=O) groups is 2. The van der Waals surface area contributed by atoms with Gasteiger partial charge in [0.05, 0.1) is 5.56 Å². The van der Waals surface area contributed by atoms with Crippen molar-refractivity contribution in [2.45, 2.75) is 19.9 Å². The zero-order valence-electron chi connectivity index (χ0n) is 12.9. The predicted molar refractivity (Wildman–Crippen MR) is 78.3 cm³/mol. The van der Waals surface area contributed by atoms with Gasteiger partial charge in [-0.2, -0.15) is 0 Å². The molecule has 1 rings (SSSR count). The second-order valence-electron chi connectivity index (χ2n) is 5.21. The van der Waals surface area contributed by atoms with Crippen LogP contribution in [-0.2, 0) is 0 Å². The van der Waals surface area contributed by atoms with E-state index in [1.54, 1.807) is 26.2 Å². The Hall–Kier alpha value is -1.88. The molecule has 1 atom stereocenters. The summed E-state index contributed by atoms with van der Waals surface area (Å²) in [7, 11) is 7.13. The quantitative estimate of drug-likeness (QED) is 0.794. The number of hydrogen-bond acceptors (Lipinski definition) is 4. The Labute approximate surface area is 120 Å². The average molecular weight is 278 g/mol. The third kappa shape index (κ3) is 3.81. The molecule has 5 nitrogen and oxygen atoms in total. The van der Waals surface area contributed by atoms with Gasteiger partial charge in [-0.25, -0.2) is 4.79 Å². The van der Waals surface area contributed by atoms with Gasteiger partial charge in [0.25, 0.3) is 0 Å². The number of rotatable bonds is 4. The molecule has 0 aromatic heterocycles. The molecule has 0 aliphatic rings. The zero-order chi connectivity index (χ0) is 15.4. The molecule has 20 heavy (non-hydrogen) atoms. The van der Waals surface area contributed by atoms with Crippen molar-refractivity contribution in [2.75, 3.05) is 28.2 Å². The van der Waals surface area contributed by atoms with Crippen molar-refractivity contribution >= 4 is 11.9 Å². The van der Waals surface area contributed by atoms with E-state index in [-0.39, 0.29) is 11.8 Å². The topological polar surface area (TPSA) is 49.9 Å². The maximum atomic E-state index is 11.7. The molecule has 0 radical (unpaired) electrons. The maximum absolute atomic E-state index is 11.7. The smallest absolute Gasteiger partial charge is 0.409 e. The monoisotopic (exact) mass is 278 g/mol. The standard InChI is InChI=1S/C15H22N2O3/c1-10(16(3)4)12-7-8-13(11(2)18)14(9-12)20-15(19)17(5)6/h7-10H,1-6H3. The highest BCUT2D eigenvalue weighted by atomic mass is 16.6. The van der Waals surface area contributed by atoms with Crippen LogP contribution < -0.4 is 4.74 Å². The highest BCUT2D eigenvalue weighted by molar-refractivity contribution is 5.97. The second-order valence-corrected chi connectivity index (χ2v) is 5.21. The van der Waals surface area contributed by atoms with Crippen LogP contribution in [0.4, 0.5) is 4.79 Å². The minimum Gasteiger partial charge on any atom is -0.409 e. The lowest BCUT2D eigenvalue weighted by molar-refractivity contribution is 0.101. The van der Waals surface area contributed by atoms with Crippen LogP contribution in [0.25, 0.3) is 0 Å². The van der Waals surface area contributed by atoms with Gasteiger partial charge in [-0.15, -0.1) is 0 Å². The molecule has 1 aromatic carbocycles. The van der Waals surface area contributed by atoms with Crippen molar-refractivity contribution in [2.24, 2.45) is 0 Å². The molecule has 5 heteroatoms. The van der Waals surface area contributed by atoms with Gasteiger partial charge < -0.3 is 14.5 Å². The van der Waals surface area contributed by atoms with Gasteiger partial charge in [0.2, 0.25) is 0 Å². The van der Waals surface area contributed by atoms with E-state index in [0.717, 1.165) is 5.56 Å². The molecule has 110 valence electrons. The third-order valence-electron chi connectivity index (χ3n) is 3.20. The minimum atomic E-state index is -0.498. The first-order valence-corrected chi connectivity index (χ1v) is 6.44. The number of amides is 1. The summed E-state index contributed by atoms with van der Waals surface area (Å²) >= 11 is 0. The predicted octanol–water partition coefficient (Wildman–Crippen LogP) is 2.57. The van der Waals surface area contributed by atoms with Gasteiger partial charge in [0.1, 0.15) is 5.75 Å². The summed E-state index contributed by atoms with van der Waals surface area (Å²) in [4.78, 5) is 26.7. The van der Waals surface area contributed by atoms with E-state index in [2.05, 4.69) is 0 Å². The molecule has 0 saturated heterocycles. The SMILES string of the molecule is CC(=O)c1ccc(C(C)N(C)C)cc1OC(=O)N(C)C. The van der Waals surface area contributed by atoms with E-state index >= 15 is 0 Å². The fourth-order valence-corrected chi connectivity index (χ4v) is 1.66. The highest BCUT2D eigenvalue weighted by Crippen LogP contribution is 2.26. The Kier molecular flexibility index (Phi) is 5.27. The van der Waals surface area contributed by atoms with Gasteiger partial charge in [-0.05, 0) is 45.6 Å². The lowest BCUT2D eigenvalue weighted by atomic mass is 10.0. The number of nitrogens with zero attached hydrogens (tertiary/aromatic N) is 2. The molecular formula is C15H22N2O3. The largest absolute Gasteiger partial charge is 0.414 e. The normalized spacial score (nSPS) is 12.2. The van der Waals surface area contributed by atoms with Gasteiger partial charge in [0.15, 0.2) is 5.78 Å². The molecule has 0 heterocycles. The Morgan fingerprint density at radius 2 is 1.75 bits per heavy atom. The molecule has 0 bridgehead atoms. The van der Waals surface area contributed by atoms with Crippen LogP contribution >= 0.6 is 0 Å². The van der Waals surface area contributed by atoms with Crippen molar-refractivity contribution < 1.29 is 14.3 Å². The first kappa shape index (κ1) is 16.2. The van der Waals surface area contributed by atoms with Crippen LogP contribution in [0.5, 0.6) is 5.75 Å². The van der Waals surface area contributed by atoms with Crippen molar-refractivity contribution in [1.29, 1.82) is 0 Å². The molecule has 1 unspecified atom stereocenters. The zero-order valence-corrected chi connectivity index (χ0v) is 12.9. The van der Waals surface area contributed by atoms with Crippen LogP contribution in [0.15, 0.2) is 18.2 Å². The average Bonchev–Trinajstić information content (AvgIpc) is 2.37. The molecule has 0 fully saturated rings. The lowest BCUT2D eigenvalue weighted by Gasteiger charge is -2.21. The fraction of sp³-hybridized carbons (Fsp3) is 0.467. The van der Waals surface area contributed by atoms with Crippen LogP contribution in [0.1, 0.15) is 35.8 Å². The lowest BCUT2D eigenvalue weighted by Crippen LogP contribution is -2.26. The van der Waals surface area contributed by atoms with Gasteiger partial charge >= 0.3 is 6.09 Å². The van der Waals surface area contributed by atoms with Gasteiger partial charge in [-0.1, -0.05) is 6.07 Å². The number of benzene rings is 1. The van der Waals surface area contributed by atoms with Gasteiger partial charge in [-0.3, -0.25) is 4.79 Å². The van der Waals surface area contributed by atoms with Crippen molar-refractivity contribution in [3.8, 4) is 5.75 Å². The van der Waals surface area contributed by atoms with Crippen molar-refractivity contribution in [3.05, 3.63) is 29.3 Å². The maximum Gasteiger partial charge on any atom is 0.414 e. The summed E-state index contributed by atoms with van der Waals surface area (Å²) < 4.78 is 5.29. The van der Waals surface area contributed by atoms with Crippen LogP contribution in [0.3, 0.4) is 0 Å². The van der Waals surface area contributed by atoms with E-state index in [1.807, 2.05) is 32.0 Å². The molecule has 0 saturated carbocycles. The van der Waals surface area contributed by atoms with E-state index < -0.39 is 6.09 Å². The van der Waals surface area contributed by atoms with Crippen LogP contribution in [0, 0.1) is 0 Å². The number of Topliss-reactive ketones (excluding diaryl/α,β-unsaturated/α-hetero) is 1. The highest BCUT2D eigenvalue weighted by Gasteiger charge is 2.17. The Morgan fingerprint density at radius 3 is 2.20 bits per heavy atom. The number of carbonyl (C=O) groups excluding carboxylic acids is 2. The molecule has 1 amide bonds. The fourth-order valence-electron chi connectivity index (χ4n) is 1.66. The number of ether oxygens (including phenoxy) is 1. The Morgan fingerprint density at radius 1 is 1.15 bits per heavy atom. The van der Waals surface area contributed by atoms with E-state index in [4.69, 9.17) is 4.74 Å². The van der Waals surface area contributed by atoms with Gasteiger partial charge in [0, 0.05) is 20.1 Å². The molecule has 0 aliphatic heterocycles. The molecule has 1 aromatic rings. The first-order chi connectivity index (χ1) is 9.23. The van der Waals surface area contributed by atoms with E-state index in [0.29, 0.717) is 11.3 Å². The summed E-state index contributed by atoms with van der Waals surface area (Å²) in [5.41, 5.74) is 1.40. The number of hydrogen-bond donors (Lipinski definition) is 0. The summed E-state index contributed by atoms with van der Waals surface area (Å²) in [5, 5.41) is 0. The van der Waals surface area contributed by atoms with Crippen LogP contribution in [-0.4, -0.2) is 49.9 Å². The summed E-state index contributed by atoms with van der Waals surface area (Å²) in [6, 6.07) is 5.50. The summed E-state index contributed by atoms with van der Waals surface area (Å²) in [5.74, 6) is 0.179. The molecule has 0 aliphatic carbocycles. The van der Waals surface area contributed by atoms with Crippen molar-refractivity contribution in [1.82, 2.24) is 9.80 Å². The minimum absolute atomic E-state index is 0.129. The molecular weight excluding hydrogens is 256 g/mol. The second kappa shape index (κ2) is 6.52. The van der Waals surface area contributed by atoms with Crippen molar-refractivity contribution in [3.63, 3.8) is 0 Å². The third-order valence-corrected chi connectivity index (χ3v) is 3.20. The molecule has 0 N–H and O–H groups in total. The van der Waals surface area contributed by atoms with Crippen LogP contribution in [0.2, 0.25) is 0 Å². The van der Waals surface area contributed by atoms with E-state index in [1.165, 1.54) is 11.8 Å². The first-order valence-electron chi connectivity index (χ1n) is 6.44. The molecule has 0 spiro atoms. The summed E-state index contributed by atoms with van der Waals surface area (Å²) in [6.07, 6.45) is -0.498. The number of ketones is 1. The Bertz CT molecular complexity index is 510. The Balaban J connectivity index is 3.19. The summed E-state index contributed by atoms with van der Waals surface area (Å²) in [6.45, 7) is 3.50. The van der Waals surface area contributed by atoms with E-state index in [9.17, 15) is 9.59 Å².